The predicted molar refractivity (Wildman–Crippen MR) is 116 cm³/mol. The van der Waals surface area contributed by atoms with Crippen molar-refractivity contribution in [3.8, 4) is 0 Å². The third-order valence-electron chi connectivity index (χ3n) is 10.1. The zero-order chi connectivity index (χ0) is 19.5. The van der Waals surface area contributed by atoms with E-state index >= 15 is 0 Å². The van der Waals surface area contributed by atoms with E-state index in [0.717, 1.165) is 42.4 Å². The van der Waals surface area contributed by atoms with E-state index in [4.69, 9.17) is 0 Å². The summed E-state index contributed by atoms with van der Waals surface area (Å²) in [5, 5.41) is 14.0. The van der Waals surface area contributed by atoms with Crippen LogP contribution in [-0.4, -0.2) is 24.3 Å². The van der Waals surface area contributed by atoms with Crippen molar-refractivity contribution < 1.29 is 5.11 Å². The fourth-order valence-electron chi connectivity index (χ4n) is 8.55. The Morgan fingerprint density at radius 2 is 1.93 bits per heavy atom. The van der Waals surface area contributed by atoms with Crippen molar-refractivity contribution in [3.63, 3.8) is 0 Å². The molecule has 2 heteroatoms. The van der Waals surface area contributed by atoms with Gasteiger partial charge < -0.3 is 10.4 Å². The highest BCUT2D eigenvalue weighted by Gasteiger charge is 2.59. The molecule has 0 spiro atoms. The number of allylic oxidation sites excluding steroid dienone is 2. The predicted octanol–water partition coefficient (Wildman–Crippen LogP) is 5.48. The first-order chi connectivity index (χ1) is 13.5. The first-order valence-corrected chi connectivity index (χ1v) is 12.3. The molecule has 8 atom stereocenters. The van der Waals surface area contributed by atoms with Gasteiger partial charge in [0.1, 0.15) is 0 Å². The molecule has 0 radical (unpaired) electrons. The van der Waals surface area contributed by atoms with Gasteiger partial charge in [-0.1, -0.05) is 44.1 Å². The summed E-state index contributed by atoms with van der Waals surface area (Å²) < 4.78 is 0. The number of aliphatic hydroxyl groups is 1. The van der Waals surface area contributed by atoms with Crippen molar-refractivity contribution in [1.29, 1.82) is 0 Å². The number of hydrogen-bond donors (Lipinski definition) is 2. The molecule has 2 N–H and O–H groups in total. The molecule has 1 unspecified atom stereocenters. The van der Waals surface area contributed by atoms with E-state index in [9.17, 15) is 5.11 Å². The average Bonchev–Trinajstić information content (AvgIpc) is 3.06. The molecule has 0 aromatic heterocycles. The fraction of sp³-hybridized carbons (Fsp3) is 0.846. The minimum atomic E-state index is -0.0965. The molecule has 1 saturated heterocycles. The molecule has 1 heterocycles. The number of hydrogen-bond acceptors (Lipinski definition) is 2. The maximum Gasteiger partial charge on any atom is 0.0577 e. The molecular weight excluding hydrogens is 342 g/mol. The van der Waals surface area contributed by atoms with Crippen molar-refractivity contribution in [2.45, 2.75) is 84.7 Å². The second-order valence-corrected chi connectivity index (χ2v) is 11.3. The van der Waals surface area contributed by atoms with Gasteiger partial charge in [0.15, 0.2) is 0 Å². The van der Waals surface area contributed by atoms with Crippen LogP contribution in [0, 0.1) is 40.4 Å². The quantitative estimate of drug-likeness (QED) is 0.619. The Kier molecular flexibility index (Phi) is 4.83. The molecular formula is C26H41NO. The fourth-order valence-corrected chi connectivity index (χ4v) is 8.55. The molecule has 0 amide bonds. The van der Waals surface area contributed by atoms with Gasteiger partial charge in [-0.3, -0.25) is 0 Å². The first kappa shape index (κ1) is 19.4. The maximum atomic E-state index is 10.3. The highest BCUT2D eigenvalue weighted by Crippen LogP contribution is 2.67. The summed E-state index contributed by atoms with van der Waals surface area (Å²) in [5.74, 6) is 4.03. The molecule has 4 aliphatic carbocycles. The van der Waals surface area contributed by atoms with E-state index in [1.54, 1.807) is 5.57 Å². The summed E-state index contributed by atoms with van der Waals surface area (Å²) in [6.45, 7) is 10.0. The Morgan fingerprint density at radius 3 is 2.68 bits per heavy atom. The summed E-state index contributed by atoms with van der Waals surface area (Å²) in [5.41, 5.74) is 4.24. The smallest absolute Gasteiger partial charge is 0.0577 e. The number of fused-ring (bicyclic) bond motifs is 5. The van der Waals surface area contributed by atoms with Crippen LogP contribution in [0.15, 0.2) is 23.3 Å². The standard InChI is InChI=1S/C26H41NO/c1-4-17-14-19-15-20(28)9-11-25(19,2)23-10-12-26(3)21(7-8-22(26)24(17)23)18-6-5-13-27-16-18/h7,14,17-18,20,22-24,27-28H,4-6,8-13,15-16H2,1-3H3/t17-,18?,20-,22-,23-,24-,25-,26+/m0/s1. The van der Waals surface area contributed by atoms with Gasteiger partial charge in [0.2, 0.25) is 0 Å². The summed E-state index contributed by atoms with van der Waals surface area (Å²) in [6, 6.07) is 0. The van der Waals surface area contributed by atoms with Crippen LogP contribution in [0.3, 0.4) is 0 Å². The summed E-state index contributed by atoms with van der Waals surface area (Å²) in [6.07, 6.45) is 16.5. The molecule has 3 fully saturated rings. The molecule has 1 aliphatic heterocycles. The van der Waals surface area contributed by atoms with E-state index in [1.807, 2.05) is 5.57 Å². The van der Waals surface area contributed by atoms with Gasteiger partial charge in [-0.25, -0.2) is 0 Å². The van der Waals surface area contributed by atoms with Crippen LogP contribution in [0.25, 0.3) is 0 Å². The van der Waals surface area contributed by atoms with Crippen molar-refractivity contribution in [2.24, 2.45) is 40.4 Å². The molecule has 5 rings (SSSR count). The van der Waals surface area contributed by atoms with Gasteiger partial charge in [0.05, 0.1) is 6.10 Å². The van der Waals surface area contributed by atoms with Gasteiger partial charge >= 0.3 is 0 Å². The van der Waals surface area contributed by atoms with Gasteiger partial charge in [-0.15, -0.1) is 0 Å². The monoisotopic (exact) mass is 383 g/mol. The molecule has 0 bridgehead atoms. The lowest BCUT2D eigenvalue weighted by Crippen LogP contribution is -2.53. The maximum absolute atomic E-state index is 10.3. The largest absolute Gasteiger partial charge is 0.393 e. The van der Waals surface area contributed by atoms with E-state index < -0.39 is 0 Å². The zero-order valence-electron chi connectivity index (χ0n) is 18.3. The van der Waals surface area contributed by atoms with Gasteiger partial charge in [0, 0.05) is 6.54 Å². The molecule has 2 nitrogen and oxygen atoms in total. The van der Waals surface area contributed by atoms with Crippen molar-refractivity contribution in [2.75, 3.05) is 13.1 Å². The van der Waals surface area contributed by atoms with Gasteiger partial charge in [-0.2, -0.15) is 0 Å². The number of aliphatic hydroxyl groups excluding tert-OH is 1. The molecule has 2 saturated carbocycles. The molecule has 28 heavy (non-hydrogen) atoms. The number of piperidine rings is 1. The van der Waals surface area contributed by atoms with Gasteiger partial charge in [-0.05, 0) is 105 Å². The lowest BCUT2D eigenvalue weighted by Gasteiger charge is -2.60. The lowest BCUT2D eigenvalue weighted by atomic mass is 9.45. The van der Waals surface area contributed by atoms with Crippen molar-refractivity contribution in [1.82, 2.24) is 5.32 Å². The Morgan fingerprint density at radius 1 is 1.11 bits per heavy atom. The van der Waals surface area contributed by atoms with E-state index in [0.29, 0.717) is 10.8 Å². The molecule has 5 aliphatic rings. The van der Waals surface area contributed by atoms with Crippen molar-refractivity contribution >= 4 is 0 Å². The second kappa shape index (κ2) is 6.98. The zero-order valence-corrected chi connectivity index (χ0v) is 18.3. The Balaban J connectivity index is 1.48. The van der Waals surface area contributed by atoms with E-state index in [2.05, 4.69) is 38.2 Å². The highest BCUT2D eigenvalue weighted by atomic mass is 16.3. The van der Waals surface area contributed by atoms with Crippen LogP contribution in [0.5, 0.6) is 0 Å². The molecule has 0 aromatic carbocycles. The minimum absolute atomic E-state index is 0.0965. The Hall–Kier alpha value is -0.600. The van der Waals surface area contributed by atoms with Gasteiger partial charge in [0.25, 0.3) is 0 Å². The molecule has 0 aromatic rings. The average molecular weight is 384 g/mol. The van der Waals surface area contributed by atoms with Crippen LogP contribution in [-0.2, 0) is 0 Å². The molecule has 156 valence electrons. The summed E-state index contributed by atoms with van der Waals surface area (Å²) in [4.78, 5) is 0. The number of rotatable bonds is 2. The van der Waals surface area contributed by atoms with E-state index in [1.165, 1.54) is 58.0 Å². The minimum Gasteiger partial charge on any atom is -0.393 e. The first-order valence-electron chi connectivity index (χ1n) is 12.3. The SMILES string of the molecule is CC[C@H]1C=C2C[C@@H](O)CC[C@]2(C)[C@H]2CC[C@]3(C)C(C4CCCNC4)=CC[C@H]3[C@H]12. The number of nitrogens with one attached hydrogen (secondary N) is 1. The third-order valence-corrected chi connectivity index (χ3v) is 10.1. The summed E-state index contributed by atoms with van der Waals surface area (Å²) >= 11 is 0. The van der Waals surface area contributed by atoms with Crippen LogP contribution in [0.1, 0.15) is 78.6 Å². The highest BCUT2D eigenvalue weighted by molar-refractivity contribution is 5.32. The van der Waals surface area contributed by atoms with Crippen LogP contribution < -0.4 is 5.32 Å². The lowest BCUT2D eigenvalue weighted by molar-refractivity contribution is -0.0540. The van der Waals surface area contributed by atoms with Crippen molar-refractivity contribution in [3.05, 3.63) is 23.3 Å². The second-order valence-electron chi connectivity index (χ2n) is 11.3. The van der Waals surface area contributed by atoms with E-state index in [-0.39, 0.29) is 6.10 Å². The van der Waals surface area contributed by atoms with Crippen LogP contribution in [0.2, 0.25) is 0 Å². The van der Waals surface area contributed by atoms with Crippen LogP contribution in [0.4, 0.5) is 0 Å². The Labute approximate surface area is 172 Å². The third kappa shape index (κ3) is 2.73. The normalized spacial score (nSPS) is 50.9. The topological polar surface area (TPSA) is 32.3 Å². The summed E-state index contributed by atoms with van der Waals surface area (Å²) in [7, 11) is 0. The van der Waals surface area contributed by atoms with Crippen LogP contribution >= 0.6 is 0 Å². The Bertz CT molecular complexity index is 674.